The van der Waals surface area contributed by atoms with Gasteiger partial charge in [0.1, 0.15) is 0 Å². The van der Waals surface area contributed by atoms with Gasteiger partial charge < -0.3 is 15.0 Å². The maximum absolute atomic E-state index is 12.5. The van der Waals surface area contributed by atoms with E-state index in [0.717, 1.165) is 49.8 Å². The summed E-state index contributed by atoms with van der Waals surface area (Å²) in [6.45, 7) is 3.19. The molecule has 0 radical (unpaired) electrons. The molecule has 1 N–H and O–H groups in total. The molecule has 1 fully saturated rings. The quantitative estimate of drug-likeness (QED) is 0.912. The topological polar surface area (TPSA) is 24.5 Å². The summed E-state index contributed by atoms with van der Waals surface area (Å²) in [5.74, 6) is 0. The largest absolute Gasteiger partial charge is 0.416 e. The Hall–Kier alpha value is -2.21. The van der Waals surface area contributed by atoms with E-state index < -0.39 is 11.7 Å². The van der Waals surface area contributed by atoms with Gasteiger partial charge in [-0.25, -0.2) is 0 Å². The van der Waals surface area contributed by atoms with E-state index in [1.165, 1.54) is 12.1 Å². The number of hydrogen-bond donors (Lipinski definition) is 1. The van der Waals surface area contributed by atoms with Crippen LogP contribution in [0.3, 0.4) is 0 Å². The summed E-state index contributed by atoms with van der Waals surface area (Å²) in [7, 11) is 0. The van der Waals surface area contributed by atoms with Crippen molar-refractivity contribution in [2.75, 3.05) is 36.5 Å². The van der Waals surface area contributed by atoms with Crippen LogP contribution in [0.5, 0.6) is 0 Å². The van der Waals surface area contributed by atoms with E-state index in [2.05, 4.69) is 10.2 Å². The molecule has 1 heterocycles. The molecule has 6 heteroatoms. The highest BCUT2D eigenvalue weighted by Gasteiger charge is 2.29. The Balaban J connectivity index is 1.66. The third-order valence-electron chi connectivity index (χ3n) is 3.74. The third kappa shape index (κ3) is 3.96. The fourth-order valence-electron chi connectivity index (χ4n) is 2.49. The molecule has 1 saturated heterocycles. The van der Waals surface area contributed by atoms with Crippen molar-refractivity contribution in [3.05, 3.63) is 54.1 Å². The van der Waals surface area contributed by atoms with Gasteiger partial charge in [-0.05, 0) is 48.5 Å². The van der Waals surface area contributed by atoms with Crippen LogP contribution in [0.2, 0.25) is 0 Å². The van der Waals surface area contributed by atoms with Crippen LogP contribution in [0.4, 0.5) is 30.2 Å². The summed E-state index contributed by atoms with van der Waals surface area (Å²) >= 11 is 0. The van der Waals surface area contributed by atoms with Crippen molar-refractivity contribution in [2.24, 2.45) is 0 Å². The molecule has 0 aromatic heterocycles. The molecule has 2 aromatic rings. The molecule has 1 aliphatic heterocycles. The second kappa shape index (κ2) is 6.50. The highest BCUT2D eigenvalue weighted by molar-refractivity contribution is 5.63. The van der Waals surface area contributed by atoms with E-state index in [4.69, 9.17) is 4.74 Å². The minimum atomic E-state index is -4.31. The summed E-state index contributed by atoms with van der Waals surface area (Å²) in [6, 6.07) is 12.8. The Kier molecular flexibility index (Phi) is 4.43. The molecule has 3 rings (SSSR count). The molecule has 0 unspecified atom stereocenters. The number of ether oxygens (including phenoxy) is 1. The maximum Gasteiger partial charge on any atom is 0.416 e. The van der Waals surface area contributed by atoms with Crippen LogP contribution in [0.15, 0.2) is 48.5 Å². The fourth-order valence-corrected chi connectivity index (χ4v) is 2.49. The zero-order valence-electron chi connectivity index (χ0n) is 12.4. The SMILES string of the molecule is FC(F)(F)c1ccc(Nc2ccc(N3CCOCC3)cc2)cc1. The van der Waals surface area contributed by atoms with Gasteiger partial charge in [-0.2, -0.15) is 13.2 Å². The molecular weight excluding hydrogens is 305 g/mol. The minimum absolute atomic E-state index is 0.622. The maximum atomic E-state index is 12.5. The van der Waals surface area contributed by atoms with Crippen molar-refractivity contribution in [2.45, 2.75) is 6.18 Å². The molecule has 122 valence electrons. The van der Waals surface area contributed by atoms with E-state index in [1.54, 1.807) is 0 Å². The zero-order chi connectivity index (χ0) is 16.3. The van der Waals surface area contributed by atoms with Crippen LogP contribution >= 0.6 is 0 Å². The number of benzene rings is 2. The Morgan fingerprint density at radius 1 is 0.826 bits per heavy atom. The van der Waals surface area contributed by atoms with Gasteiger partial charge in [0.2, 0.25) is 0 Å². The van der Waals surface area contributed by atoms with Crippen LogP contribution in [0.1, 0.15) is 5.56 Å². The predicted molar refractivity (Wildman–Crippen MR) is 84.2 cm³/mol. The van der Waals surface area contributed by atoms with Crippen molar-refractivity contribution in [1.82, 2.24) is 0 Å². The van der Waals surface area contributed by atoms with Gasteiger partial charge in [-0.15, -0.1) is 0 Å². The average Bonchev–Trinajstić information content (AvgIpc) is 2.56. The van der Waals surface area contributed by atoms with E-state index in [1.807, 2.05) is 24.3 Å². The smallest absolute Gasteiger partial charge is 0.378 e. The molecule has 23 heavy (non-hydrogen) atoms. The Bertz CT molecular complexity index is 632. The number of rotatable bonds is 3. The summed E-state index contributed by atoms with van der Waals surface area (Å²) in [5.41, 5.74) is 1.93. The molecule has 0 aliphatic carbocycles. The summed E-state index contributed by atoms with van der Waals surface area (Å²) < 4.78 is 42.9. The number of nitrogens with one attached hydrogen (secondary N) is 1. The second-order valence-electron chi connectivity index (χ2n) is 5.35. The highest BCUT2D eigenvalue weighted by atomic mass is 19.4. The van der Waals surface area contributed by atoms with E-state index in [0.29, 0.717) is 5.69 Å². The monoisotopic (exact) mass is 322 g/mol. The molecular formula is C17H17F3N2O. The first kappa shape index (κ1) is 15.7. The number of anilines is 3. The lowest BCUT2D eigenvalue weighted by Crippen LogP contribution is -2.36. The van der Waals surface area contributed by atoms with Crippen LogP contribution in [-0.4, -0.2) is 26.3 Å². The van der Waals surface area contributed by atoms with Crippen LogP contribution in [0.25, 0.3) is 0 Å². The lowest BCUT2D eigenvalue weighted by atomic mass is 10.2. The molecule has 0 spiro atoms. The molecule has 0 saturated carbocycles. The summed E-state index contributed by atoms with van der Waals surface area (Å²) in [5, 5.41) is 3.10. The number of morpholine rings is 1. The Labute approximate surface area is 132 Å². The van der Waals surface area contributed by atoms with E-state index in [9.17, 15) is 13.2 Å². The molecule has 2 aromatic carbocycles. The fraction of sp³-hybridized carbons (Fsp3) is 0.294. The van der Waals surface area contributed by atoms with Gasteiger partial charge in [0, 0.05) is 30.2 Å². The normalized spacial score (nSPS) is 15.5. The molecule has 0 atom stereocenters. The van der Waals surface area contributed by atoms with Crippen molar-refractivity contribution in [3.8, 4) is 0 Å². The third-order valence-corrected chi connectivity index (χ3v) is 3.74. The zero-order valence-corrected chi connectivity index (χ0v) is 12.4. The first-order valence-electron chi connectivity index (χ1n) is 7.39. The van der Waals surface area contributed by atoms with Crippen molar-refractivity contribution < 1.29 is 17.9 Å². The van der Waals surface area contributed by atoms with Crippen molar-refractivity contribution >= 4 is 17.1 Å². The van der Waals surface area contributed by atoms with E-state index in [-0.39, 0.29) is 0 Å². The van der Waals surface area contributed by atoms with Crippen LogP contribution in [-0.2, 0) is 10.9 Å². The average molecular weight is 322 g/mol. The molecule has 0 amide bonds. The van der Waals surface area contributed by atoms with Gasteiger partial charge in [-0.3, -0.25) is 0 Å². The first-order chi connectivity index (χ1) is 11.0. The minimum Gasteiger partial charge on any atom is -0.378 e. The lowest BCUT2D eigenvalue weighted by Gasteiger charge is -2.28. The predicted octanol–water partition coefficient (Wildman–Crippen LogP) is 4.29. The number of hydrogen-bond acceptors (Lipinski definition) is 3. The standard InChI is InChI=1S/C17H17F3N2O/c18-17(19,20)13-1-3-14(4-2-13)21-15-5-7-16(8-6-15)22-9-11-23-12-10-22/h1-8,21H,9-12H2. The van der Waals surface area contributed by atoms with Gasteiger partial charge in [0.15, 0.2) is 0 Å². The molecule has 0 bridgehead atoms. The van der Waals surface area contributed by atoms with Gasteiger partial charge in [0.25, 0.3) is 0 Å². The summed E-state index contributed by atoms with van der Waals surface area (Å²) in [6.07, 6.45) is -4.31. The number of alkyl halides is 3. The second-order valence-corrected chi connectivity index (χ2v) is 5.35. The van der Waals surface area contributed by atoms with E-state index >= 15 is 0 Å². The first-order valence-corrected chi connectivity index (χ1v) is 7.39. The van der Waals surface area contributed by atoms with Crippen molar-refractivity contribution in [1.29, 1.82) is 0 Å². The lowest BCUT2D eigenvalue weighted by molar-refractivity contribution is -0.137. The van der Waals surface area contributed by atoms with Gasteiger partial charge in [-0.1, -0.05) is 0 Å². The number of nitrogens with zero attached hydrogens (tertiary/aromatic N) is 1. The Morgan fingerprint density at radius 2 is 1.35 bits per heavy atom. The molecule has 3 nitrogen and oxygen atoms in total. The highest BCUT2D eigenvalue weighted by Crippen LogP contribution is 2.30. The molecule has 1 aliphatic rings. The van der Waals surface area contributed by atoms with Gasteiger partial charge in [0.05, 0.1) is 18.8 Å². The van der Waals surface area contributed by atoms with Crippen LogP contribution in [0, 0.1) is 0 Å². The van der Waals surface area contributed by atoms with Gasteiger partial charge >= 0.3 is 6.18 Å². The number of halogens is 3. The van der Waals surface area contributed by atoms with Crippen LogP contribution < -0.4 is 10.2 Å². The Morgan fingerprint density at radius 3 is 1.87 bits per heavy atom. The summed E-state index contributed by atoms with van der Waals surface area (Å²) in [4.78, 5) is 2.24. The van der Waals surface area contributed by atoms with Crippen molar-refractivity contribution in [3.63, 3.8) is 0 Å².